The molecule has 1 aromatic heterocycles. The van der Waals surface area contributed by atoms with Crippen LogP contribution in [-0.2, 0) is 17.9 Å². The van der Waals surface area contributed by atoms with Crippen LogP contribution in [0.2, 0.25) is 0 Å². The molecule has 26 heavy (non-hydrogen) atoms. The first-order chi connectivity index (χ1) is 12.6. The van der Waals surface area contributed by atoms with Gasteiger partial charge < -0.3 is 9.47 Å². The van der Waals surface area contributed by atoms with Crippen LogP contribution < -0.4 is 0 Å². The molecule has 3 aliphatic heterocycles. The summed E-state index contributed by atoms with van der Waals surface area (Å²) in [7, 11) is 0. The number of aromatic nitrogens is 2. The zero-order valence-electron chi connectivity index (χ0n) is 15.8. The SMILES string of the molecule is Cc1ncn(CC(=O)N2C[C@H]3CC[C@@H]2CN(Cc2ccccc2)C3)c1C. The second kappa shape index (κ2) is 7.23. The molecule has 2 bridgehead atoms. The lowest BCUT2D eigenvalue weighted by atomic mass is 9.95. The van der Waals surface area contributed by atoms with Gasteiger partial charge in [0.15, 0.2) is 0 Å². The Hall–Kier alpha value is -2.14. The number of hydrogen-bond donors (Lipinski definition) is 0. The number of imidazole rings is 1. The number of hydrogen-bond acceptors (Lipinski definition) is 3. The maximum Gasteiger partial charge on any atom is 0.242 e. The molecule has 3 fully saturated rings. The van der Waals surface area contributed by atoms with Gasteiger partial charge in [0.1, 0.15) is 6.54 Å². The van der Waals surface area contributed by atoms with Crippen molar-refractivity contribution in [3.05, 3.63) is 53.6 Å². The predicted molar refractivity (Wildman–Crippen MR) is 102 cm³/mol. The Labute approximate surface area is 155 Å². The molecular formula is C21H28N4O. The molecule has 0 aliphatic carbocycles. The lowest BCUT2D eigenvalue weighted by Crippen LogP contribution is -2.48. The van der Waals surface area contributed by atoms with Gasteiger partial charge in [0.05, 0.1) is 12.0 Å². The normalized spacial score (nSPS) is 23.2. The topological polar surface area (TPSA) is 41.4 Å². The van der Waals surface area contributed by atoms with Gasteiger partial charge in [-0.2, -0.15) is 0 Å². The maximum absolute atomic E-state index is 13.0. The number of amides is 1. The van der Waals surface area contributed by atoms with Crippen LogP contribution in [0.15, 0.2) is 36.7 Å². The van der Waals surface area contributed by atoms with Crippen molar-refractivity contribution >= 4 is 5.91 Å². The maximum atomic E-state index is 13.0. The van der Waals surface area contributed by atoms with E-state index in [1.807, 2.05) is 18.4 Å². The highest BCUT2D eigenvalue weighted by Gasteiger charge is 2.37. The summed E-state index contributed by atoms with van der Waals surface area (Å²) in [5, 5.41) is 0. The van der Waals surface area contributed by atoms with Gasteiger partial charge in [-0.15, -0.1) is 0 Å². The van der Waals surface area contributed by atoms with Crippen molar-refractivity contribution in [3.8, 4) is 0 Å². The number of nitrogens with zero attached hydrogens (tertiary/aromatic N) is 4. The van der Waals surface area contributed by atoms with E-state index in [2.05, 4.69) is 45.1 Å². The summed E-state index contributed by atoms with van der Waals surface area (Å²) in [6.45, 7) is 8.40. The first kappa shape index (κ1) is 17.3. The Morgan fingerprint density at radius 1 is 1.12 bits per heavy atom. The second-order valence-electron chi connectivity index (χ2n) is 7.87. The smallest absolute Gasteiger partial charge is 0.242 e. The van der Waals surface area contributed by atoms with Crippen molar-refractivity contribution in [2.24, 2.45) is 5.92 Å². The predicted octanol–water partition coefficient (Wildman–Crippen LogP) is 2.62. The van der Waals surface area contributed by atoms with Gasteiger partial charge in [0.25, 0.3) is 0 Å². The summed E-state index contributed by atoms with van der Waals surface area (Å²) in [5.74, 6) is 0.828. The van der Waals surface area contributed by atoms with Gasteiger partial charge >= 0.3 is 0 Å². The van der Waals surface area contributed by atoms with E-state index in [1.54, 1.807) is 6.33 Å². The molecule has 0 radical (unpaired) electrons. The summed E-state index contributed by atoms with van der Waals surface area (Å²) in [5.41, 5.74) is 3.45. The van der Waals surface area contributed by atoms with E-state index in [4.69, 9.17) is 0 Å². The number of piperidine rings is 1. The molecule has 5 rings (SSSR count). The van der Waals surface area contributed by atoms with Gasteiger partial charge in [0.2, 0.25) is 5.91 Å². The monoisotopic (exact) mass is 352 g/mol. The van der Waals surface area contributed by atoms with Crippen LogP contribution >= 0.6 is 0 Å². The average Bonchev–Trinajstić information content (AvgIpc) is 2.82. The second-order valence-corrected chi connectivity index (χ2v) is 7.87. The van der Waals surface area contributed by atoms with Crippen molar-refractivity contribution in [2.45, 2.75) is 45.8 Å². The summed E-state index contributed by atoms with van der Waals surface area (Å²) in [6.07, 6.45) is 4.16. The van der Waals surface area contributed by atoms with E-state index >= 15 is 0 Å². The number of carbonyl (C=O) groups is 1. The van der Waals surface area contributed by atoms with Crippen molar-refractivity contribution < 1.29 is 4.79 Å². The van der Waals surface area contributed by atoms with Crippen molar-refractivity contribution in [1.82, 2.24) is 19.4 Å². The zero-order chi connectivity index (χ0) is 18.1. The van der Waals surface area contributed by atoms with Gasteiger partial charge in [-0.1, -0.05) is 30.3 Å². The van der Waals surface area contributed by atoms with E-state index in [0.717, 1.165) is 44.0 Å². The summed E-state index contributed by atoms with van der Waals surface area (Å²) in [4.78, 5) is 22.0. The Morgan fingerprint density at radius 2 is 1.92 bits per heavy atom. The molecule has 0 spiro atoms. The molecule has 0 N–H and O–H groups in total. The van der Waals surface area contributed by atoms with Crippen molar-refractivity contribution in [2.75, 3.05) is 19.6 Å². The highest BCUT2D eigenvalue weighted by atomic mass is 16.2. The van der Waals surface area contributed by atoms with E-state index in [1.165, 1.54) is 12.0 Å². The summed E-state index contributed by atoms with van der Waals surface area (Å²) in [6, 6.07) is 11.0. The summed E-state index contributed by atoms with van der Waals surface area (Å²) >= 11 is 0. The van der Waals surface area contributed by atoms with Crippen LogP contribution in [0.25, 0.3) is 0 Å². The first-order valence-electron chi connectivity index (χ1n) is 9.64. The fourth-order valence-corrected chi connectivity index (χ4v) is 4.40. The molecule has 3 aliphatic rings. The molecule has 2 atom stereocenters. The molecule has 5 nitrogen and oxygen atoms in total. The van der Waals surface area contributed by atoms with Gasteiger partial charge in [0, 0.05) is 37.9 Å². The fraction of sp³-hybridized carbons (Fsp3) is 0.524. The molecule has 0 saturated carbocycles. The highest BCUT2D eigenvalue weighted by Crippen LogP contribution is 2.29. The Kier molecular flexibility index (Phi) is 4.81. The lowest BCUT2D eigenvalue weighted by Gasteiger charge is -2.36. The third-order valence-electron chi connectivity index (χ3n) is 6.01. The van der Waals surface area contributed by atoms with Crippen LogP contribution in [0.1, 0.15) is 29.8 Å². The zero-order valence-corrected chi connectivity index (χ0v) is 15.8. The van der Waals surface area contributed by atoms with Crippen molar-refractivity contribution in [1.29, 1.82) is 0 Å². The van der Waals surface area contributed by atoms with Crippen molar-refractivity contribution in [3.63, 3.8) is 0 Å². The van der Waals surface area contributed by atoms with Crippen LogP contribution in [0.5, 0.6) is 0 Å². The molecule has 138 valence electrons. The van der Waals surface area contributed by atoms with E-state index < -0.39 is 0 Å². The largest absolute Gasteiger partial charge is 0.337 e. The average molecular weight is 352 g/mol. The molecule has 3 saturated heterocycles. The standard InChI is InChI=1S/C21H28N4O/c1-16-17(2)24(15-22-16)14-21(26)25-12-19-8-9-20(25)13-23(11-19)10-18-6-4-3-5-7-18/h3-7,15,19-20H,8-14H2,1-2H3/t19-,20+/m0/s1. The minimum absolute atomic E-state index is 0.238. The minimum Gasteiger partial charge on any atom is -0.337 e. The Morgan fingerprint density at radius 3 is 2.65 bits per heavy atom. The van der Waals surface area contributed by atoms with Crippen LogP contribution in [0, 0.1) is 19.8 Å². The number of aryl methyl sites for hydroxylation is 1. The number of rotatable bonds is 4. The third kappa shape index (κ3) is 3.54. The molecular weight excluding hydrogens is 324 g/mol. The number of carbonyl (C=O) groups excluding carboxylic acids is 1. The quantitative estimate of drug-likeness (QED) is 0.849. The van der Waals surface area contributed by atoms with Crippen LogP contribution in [0.3, 0.4) is 0 Å². The van der Waals surface area contributed by atoms with E-state index in [0.29, 0.717) is 18.5 Å². The Balaban J connectivity index is 1.44. The van der Waals surface area contributed by atoms with E-state index in [-0.39, 0.29) is 5.91 Å². The molecule has 1 aromatic carbocycles. The molecule has 1 amide bonds. The third-order valence-corrected chi connectivity index (χ3v) is 6.01. The molecule has 5 heteroatoms. The molecule has 4 heterocycles. The van der Waals surface area contributed by atoms with E-state index in [9.17, 15) is 4.79 Å². The van der Waals surface area contributed by atoms with Crippen LogP contribution in [-0.4, -0.2) is 50.9 Å². The minimum atomic E-state index is 0.238. The summed E-state index contributed by atoms with van der Waals surface area (Å²) < 4.78 is 1.98. The fourth-order valence-electron chi connectivity index (χ4n) is 4.40. The highest BCUT2D eigenvalue weighted by molar-refractivity contribution is 5.76. The first-order valence-corrected chi connectivity index (χ1v) is 9.64. The lowest BCUT2D eigenvalue weighted by molar-refractivity contribution is -0.136. The number of benzene rings is 1. The van der Waals surface area contributed by atoms with Gasteiger partial charge in [-0.05, 0) is 38.2 Å². The number of fused-ring (bicyclic) bond motifs is 4. The molecule has 2 aromatic rings. The van der Waals surface area contributed by atoms with Gasteiger partial charge in [-0.25, -0.2) is 4.98 Å². The Bertz CT molecular complexity index is 770. The van der Waals surface area contributed by atoms with Crippen LogP contribution in [0.4, 0.5) is 0 Å². The molecule has 0 unspecified atom stereocenters. The van der Waals surface area contributed by atoms with Gasteiger partial charge in [-0.3, -0.25) is 9.69 Å².